The number of rotatable bonds is 18. The van der Waals surface area contributed by atoms with Gasteiger partial charge in [-0.05, 0) is 147 Å². The molecule has 5 saturated heterocycles. The molecule has 0 radical (unpaired) electrons. The van der Waals surface area contributed by atoms with Gasteiger partial charge < -0.3 is 53.2 Å². The number of hydrogen-bond donors (Lipinski definition) is 1. The highest BCUT2D eigenvalue weighted by atomic mass is 32.2. The lowest BCUT2D eigenvalue weighted by Gasteiger charge is -2.34. The number of aromatic amines is 1. The Morgan fingerprint density at radius 3 is 1.28 bits per heavy atom. The summed E-state index contributed by atoms with van der Waals surface area (Å²) in [6, 6.07) is 29.8. The van der Waals surface area contributed by atoms with E-state index in [9.17, 15) is 21.0 Å². The van der Waals surface area contributed by atoms with E-state index in [2.05, 4.69) is 139 Å². The lowest BCUT2D eigenvalue weighted by atomic mass is 10.1. The smallest absolute Gasteiger partial charge is 0.239 e. The number of morpholine rings is 5. The molecule has 5 aliphatic heterocycles. The van der Waals surface area contributed by atoms with Crippen molar-refractivity contribution in [2.75, 3.05) is 180 Å². The maximum atomic E-state index is 13.0. The summed E-state index contributed by atoms with van der Waals surface area (Å²) in [4.78, 5) is 89.0. The van der Waals surface area contributed by atoms with E-state index in [1.807, 2.05) is 120 Å². The molecule has 145 heavy (non-hydrogen) atoms. The Hall–Kier alpha value is -12.3. The summed E-state index contributed by atoms with van der Waals surface area (Å²) < 4.78 is 116. The zero-order chi connectivity index (χ0) is 102. The first-order valence-electron chi connectivity index (χ1n) is 49.0. The largest absolute Gasteiger partial charge is 0.377 e. The number of allylic oxidation sites excluding steroid dienone is 2. The lowest BCUT2D eigenvalue weighted by molar-refractivity contribution is 0.0985. The minimum atomic E-state index is -2.37. The van der Waals surface area contributed by atoms with Gasteiger partial charge in [0.2, 0.25) is 11.9 Å². The predicted molar refractivity (Wildman–Crippen MR) is 573 cm³/mol. The van der Waals surface area contributed by atoms with E-state index in [0.717, 1.165) is 179 Å². The molecule has 3 saturated carbocycles. The van der Waals surface area contributed by atoms with Crippen LogP contribution in [0.15, 0.2) is 149 Å². The van der Waals surface area contributed by atoms with Gasteiger partial charge in [0.1, 0.15) is 46.6 Å². The van der Waals surface area contributed by atoms with Crippen LogP contribution in [0.5, 0.6) is 0 Å². The molecule has 0 bridgehead atoms. The minimum Gasteiger partial charge on any atom is -0.377 e. The van der Waals surface area contributed by atoms with E-state index in [0.29, 0.717) is 142 Å². The van der Waals surface area contributed by atoms with Crippen LogP contribution in [-0.2, 0) is 85.2 Å². The van der Waals surface area contributed by atoms with E-state index in [1.54, 1.807) is 74.6 Å². The standard InChI is InChI=1S/C22H27N5O2S.C21H26N6O2S.C21H25N5O2S.C19H24N6O2S.C18H23N7O2S/c1-14-13-29-9-8-27(14)21-12-20(26-30(2,3)28)24-22(25-21)17-6-7-23-19-11-16(10-18(17)19)15-4-5-15;1-14-13-29-11-10-26(14)19-12-18(25-30(2,3)28)23-21(24-19)27-17-7-5-4-6-16(17)22-20(27)15-8-9-15;1-14-13-28-9-8-26(14)20-10-19(25-29(2,27)16-6-7-16)23-21(24-20)18-12-22-11-15-4-3-5-17(15)18;1-13-12-27-10-9-24(13)18-11-17(23-28(3,4)26)21-19(22-18)25-14(2)20-15-7-5-6-8-16(15)25;1-11-10-27-8-7-25(11)15-9-14(24-28(3,4)26)22-17(23-15)13-5-6-19-18-16(13)20-12(2)21-18/h6-7,10,12,14-15H,4-5,8-9,11,13H2,1-3H3;4-7,12,14-15H,8-11,13H2,1-3H3;3,5,10-12,14,16H,4,6-9,13H2,1-2H3;5-8,11,13H,9-10,12H2,1-4H3;5-6,9,11H,7-8,10H2,1-4H3,(H,19,20,21)/t2*14-;14-,29?;13-;11-/m11111/s1. The molecule has 10 aliphatic rings. The SMILES string of the molecule is C[C@@H]1COCCN1c1cc(N=S(C)(=O)C2CC2)nc(-c2cncc3c2C=CC3)n1.C[C@@H]1COCCN1c1cc(N=S(C)(C)=O)nc(-c2ccnc3c2C=C(C2CC2)C3)n1.C[C@@H]1COCCN1c1cc(N=S(C)(C)=O)nc(-n2c(C3CC3)nc3ccccc32)n1.Cc1nc2ccccc2n1-c1nc(N=S(C)(C)=O)cc(N2CCOC[C@H]2C)n1.Cc1nc2nccc(-c3nc(N=S(C)(C)=O)cc(N4CCOC[C@H]4C)n3)c2[nH]1. The van der Waals surface area contributed by atoms with Crippen molar-refractivity contribution in [3.05, 3.63) is 167 Å². The zero-order valence-electron chi connectivity index (χ0n) is 84.7. The lowest BCUT2D eigenvalue weighted by Crippen LogP contribution is -2.44. The number of ether oxygens (including phenoxy) is 5. The maximum absolute atomic E-state index is 13.0. The summed E-state index contributed by atoms with van der Waals surface area (Å²) in [5.41, 5.74) is 13.7. The number of anilines is 5. The minimum absolute atomic E-state index is 0.170. The fraction of sp³-hybridized carbons (Fsp3) is 0.465. The summed E-state index contributed by atoms with van der Waals surface area (Å²) in [7, 11) is -11.7. The monoisotopic (exact) mass is 2060 g/mol. The van der Waals surface area contributed by atoms with Crippen molar-refractivity contribution in [2.24, 2.45) is 27.7 Å². The first kappa shape index (κ1) is 101. The number of benzene rings is 2. The molecular formula is C101H125N29O10S5. The second kappa shape index (κ2) is 42.3. The molecule has 39 nitrogen and oxygen atoms in total. The maximum Gasteiger partial charge on any atom is 0.239 e. The number of nitrogens with one attached hydrogen (secondary N) is 1. The Kier molecular flexibility index (Phi) is 29.6. The van der Waals surface area contributed by atoms with E-state index in [1.165, 1.54) is 24.0 Å². The quantitative estimate of drug-likeness (QED) is 0.0833. The number of nitrogens with zero attached hydrogens (tertiary/aromatic N) is 28. The highest BCUT2D eigenvalue weighted by Crippen LogP contribution is 2.46. The van der Waals surface area contributed by atoms with Gasteiger partial charge in [0.15, 0.2) is 52.2 Å². The third kappa shape index (κ3) is 24.5. The van der Waals surface area contributed by atoms with E-state index >= 15 is 0 Å². The van der Waals surface area contributed by atoms with Gasteiger partial charge in [-0.25, -0.2) is 70.9 Å². The molecule has 8 fully saturated rings. The van der Waals surface area contributed by atoms with Crippen LogP contribution in [0, 0.1) is 19.8 Å². The van der Waals surface area contributed by atoms with Crippen molar-refractivity contribution in [1.29, 1.82) is 0 Å². The number of aryl methyl sites for hydroxylation is 2. The molecule has 23 rings (SSSR count). The molecule has 1 unspecified atom stereocenters. The van der Waals surface area contributed by atoms with Gasteiger partial charge in [-0.2, -0.15) is 41.7 Å². The Balaban J connectivity index is 0.000000115. The molecule has 11 aromatic heterocycles. The second-order valence-electron chi connectivity index (χ2n) is 39.5. The van der Waals surface area contributed by atoms with Gasteiger partial charge in [-0.15, -0.1) is 0 Å². The number of hydrogen-bond acceptors (Lipinski definition) is 36. The Morgan fingerprint density at radius 2 is 0.821 bits per heavy atom. The molecule has 16 heterocycles. The highest BCUT2D eigenvalue weighted by Gasteiger charge is 2.37. The first-order valence-corrected chi connectivity index (χ1v) is 60.3. The van der Waals surface area contributed by atoms with E-state index < -0.39 is 48.6 Å². The molecule has 1 N–H and O–H groups in total. The van der Waals surface area contributed by atoms with E-state index in [-0.39, 0.29) is 35.5 Å². The molecule has 0 amide bonds. The third-order valence-electron chi connectivity index (χ3n) is 25.9. The van der Waals surface area contributed by atoms with Crippen LogP contribution < -0.4 is 24.5 Å². The zero-order valence-corrected chi connectivity index (χ0v) is 88.8. The summed E-state index contributed by atoms with van der Waals surface area (Å²) >= 11 is 0. The summed E-state index contributed by atoms with van der Waals surface area (Å²) in [6.45, 7) is 24.5. The van der Waals surface area contributed by atoms with Crippen molar-refractivity contribution < 1.29 is 44.7 Å². The number of imidazole rings is 3. The second-order valence-corrected chi connectivity index (χ2v) is 52.3. The van der Waals surface area contributed by atoms with Crippen molar-refractivity contribution in [2.45, 2.75) is 141 Å². The fourth-order valence-electron chi connectivity index (χ4n) is 18.6. The van der Waals surface area contributed by atoms with Crippen LogP contribution in [0.2, 0.25) is 0 Å². The fourth-order valence-corrected chi connectivity index (χ4v) is 22.4. The summed E-state index contributed by atoms with van der Waals surface area (Å²) in [6.07, 6.45) is 36.9. The van der Waals surface area contributed by atoms with Gasteiger partial charge >= 0.3 is 0 Å². The van der Waals surface area contributed by atoms with E-state index in [4.69, 9.17) is 68.5 Å². The molecule has 5 aliphatic carbocycles. The molecule has 0 spiro atoms. The predicted octanol–water partition coefficient (Wildman–Crippen LogP) is 15.0. The van der Waals surface area contributed by atoms with Crippen LogP contribution in [0.1, 0.15) is 119 Å². The van der Waals surface area contributed by atoms with Crippen molar-refractivity contribution >= 4 is 152 Å². The van der Waals surface area contributed by atoms with Crippen molar-refractivity contribution in [3.63, 3.8) is 0 Å². The average molecular weight is 2070 g/mol. The number of aromatic nitrogens is 19. The average Bonchev–Trinajstić information content (AvgIpc) is 1.61. The molecule has 6 atom stereocenters. The Labute approximate surface area is 847 Å². The normalized spacial score (nSPS) is 20.0. The van der Waals surface area contributed by atoms with Gasteiger partial charge in [-0.3, -0.25) is 19.1 Å². The Bertz CT molecular complexity index is 7850. The summed E-state index contributed by atoms with van der Waals surface area (Å²) in [5, 5.41) is 0.178. The number of fused-ring (bicyclic) bond motifs is 5. The van der Waals surface area contributed by atoms with Crippen LogP contribution in [0.4, 0.5) is 58.2 Å². The van der Waals surface area contributed by atoms with Crippen LogP contribution in [-0.4, -0.2) is 305 Å². The van der Waals surface area contributed by atoms with Gasteiger partial charge in [0.05, 0.1) is 139 Å². The van der Waals surface area contributed by atoms with Crippen LogP contribution in [0.3, 0.4) is 0 Å². The van der Waals surface area contributed by atoms with Crippen LogP contribution in [0.25, 0.3) is 91.4 Å². The van der Waals surface area contributed by atoms with Gasteiger partial charge in [0, 0.05) is 223 Å². The molecule has 2 aromatic carbocycles. The highest BCUT2D eigenvalue weighted by molar-refractivity contribution is 7.94. The van der Waals surface area contributed by atoms with Gasteiger partial charge in [-0.1, -0.05) is 48.1 Å². The van der Waals surface area contributed by atoms with Gasteiger partial charge in [0.25, 0.3) is 0 Å². The number of pyridine rings is 3. The molecule has 44 heteroatoms. The van der Waals surface area contributed by atoms with Crippen molar-refractivity contribution in [1.82, 2.24) is 93.9 Å². The Morgan fingerprint density at radius 1 is 0.407 bits per heavy atom. The number of H-pyrrole nitrogens is 1. The molecular weight excluding hydrogens is 1940 g/mol. The first-order chi connectivity index (χ1) is 69.4. The van der Waals surface area contributed by atoms with Crippen LogP contribution >= 0.6 is 0 Å². The molecule has 764 valence electrons. The topological polar surface area (TPSA) is 441 Å². The molecule has 13 aromatic rings. The van der Waals surface area contributed by atoms with Crippen molar-refractivity contribution in [3.8, 4) is 46.1 Å². The summed E-state index contributed by atoms with van der Waals surface area (Å²) in [5.74, 6) is 12.4. The third-order valence-corrected chi connectivity index (χ3v) is 30.7. The number of para-hydroxylation sites is 4.